The van der Waals surface area contributed by atoms with Crippen molar-refractivity contribution < 1.29 is 9.53 Å². The van der Waals surface area contributed by atoms with Gasteiger partial charge in [0.25, 0.3) is 11.5 Å². The van der Waals surface area contributed by atoms with Gasteiger partial charge in [0.1, 0.15) is 11.4 Å². The van der Waals surface area contributed by atoms with E-state index in [4.69, 9.17) is 4.74 Å². The Balaban J connectivity index is 1.61. The van der Waals surface area contributed by atoms with Crippen LogP contribution in [0.1, 0.15) is 15.9 Å². The first-order valence-corrected chi connectivity index (χ1v) is 10.3. The van der Waals surface area contributed by atoms with Gasteiger partial charge in [-0.05, 0) is 36.2 Å². The van der Waals surface area contributed by atoms with E-state index in [9.17, 15) is 9.59 Å². The number of nitrogens with zero attached hydrogens (tertiary/aromatic N) is 3. The zero-order chi connectivity index (χ0) is 22.5. The fourth-order valence-electron chi connectivity index (χ4n) is 3.53. The fraction of sp³-hybridized carbons (Fsp3) is 0.160. The first-order valence-electron chi connectivity index (χ1n) is 10.3. The molecule has 0 radical (unpaired) electrons. The summed E-state index contributed by atoms with van der Waals surface area (Å²) in [7, 11) is 1.63. The number of methoxy groups -OCH3 is 1. The summed E-state index contributed by atoms with van der Waals surface area (Å²) in [5.74, 6) is 0.512. The van der Waals surface area contributed by atoms with Crippen molar-refractivity contribution in [1.82, 2.24) is 19.7 Å². The molecule has 2 aliphatic heterocycles. The predicted molar refractivity (Wildman–Crippen MR) is 124 cm³/mol. The molecule has 2 aromatic carbocycles. The van der Waals surface area contributed by atoms with E-state index in [0.717, 1.165) is 11.3 Å². The summed E-state index contributed by atoms with van der Waals surface area (Å²) in [6.07, 6.45) is 5.79. The van der Waals surface area contributed by atoms with E-state index in [0.29, 0.717) is 42.0 Å². The first-order chi connectivity index (χ1) is 15.6. The number of hydrogen-bond acceptors (Lipinski definition) is 4. The highest BCUT2D eigenvalue weighted by Crippen LogP contribution is 2.22. The average molecular weight is 428 g/mol. The smallest absolute Gasteiger partial charge is 0.282 e. The number of pyridine rings is 1. The molecule has 2 aromatic rings. The molecule has 0 saturated carbocycles. The zero-order valence-electron chi connectivity index (χ0n) is 17.8. The largest absolute Gasteiger partial charge is 0.497 e. The number of aromatic nitrogens is 3. The van der Waals surface area contributed by atoms with Crippen molar-refractivity contribution >= 4 is 5.91 Å². The van der Waals surface area contributed by atoms with E-state index in [1.807, 2.05) is 42.5 Å². The minimum atomic E-state index is -0.278. The Morgan fingerprint density at radius 1 is 1.12 bits per heavy atom. The molecule has 0 unspecified atom stereocenters. The number of amides is 1. The third-order valence-electron chi connectivity index (χ3n) is 5.17. The number of ether oxygens (including phenoxy) is 1. The maximum Gasteiger partial charge on any atom is 0.282 e. The second-order valence-corrected chi connectivity index (χ2v) is 7.33. The maximum atomic E-state index is 13.0. The fourth-order valence-corrected chi connectivity index (χ4v) is 3.53. The van der Waals surface area contributed by atoms with Crippen LogP contribution in [0.2, 0.25) is 0 Å². The molecular weight excluding hydrogens is 404 g/mol. The van der Waals surface area contributed by atoms with Gasteiger partial charge in [-0.1, -0.05) is 36.4 Å². The van der Waals surface area contributed by atoms with Gasteiger partial charge in [-0.25, -0.2) is 0 Å². The first kappa shape index (κ1) is 21.1. The number of hydrogen-bond donors (Lipinski definition) is 1. The molecule has 0 bridgehead atoms. The van der Waals surface area contributed by atoms with Gasteiger partial charge in [0.2, 0.25) is 0 Å². The van der Waals surface area contributed by atoms with Gasteiger partial charge in [-0.2, -0.15) is 9.78 Å². The number of nitrogens with one attached hydrogen (secondary N) is 1. The van der Waals surface area contributed by atoms with Crippen LogP contribution in [0.4, 0.5) is 0 Å². The molecule has 162 valence electrons. The van der Waals surface area contributed by atoms with Crippen LogP contribution in [0.15, 0.2) is 84.4 Å². The van der Waals surface area contributed by atoms with Crippen molar-refractivity contribution in [1.29, 1.82) is 0 Å². The molecular formula is C25H24N4O3. The van der Waals surface area contributed by atoms with Gasteiger partial charge in [-0.15, -0.1) is 6.58 Å². The molecule has 0 aromatic heterocycles. The molecule has 1 N–H and O–H groups in total. The molecule has 1 amide bonds. The summed E-state index contributed by atoms with van der Waals surface area (Å²) in [6.45, 7) is 4.67. The molecule has 0 saturated heterocycles. The summed E-state index contributed by atoms with van der Waals surface area (Å²) in [4.78, 5) is 26.1. The zero-order valence-corrected chi connectivity index (χ0v) is 17.8. The normalized spacial score (nSPS) is 10.8. The van der Waals surface area contributed by atoms with Crippen LogP contribution in [0, 0.1) is 0 Å². The number of rotatable bonds is 8. The van der Waals surface area contributed by atoms with Crippen LogP contribution in [-0.2, 0) is 13.0 Å². The molecule has 0 aliphatic carbocycles. The number of fused-ring (bicyclic) bond motifs is 1. The van der Waals surface area contributed by atoms with E-state index >= 15 is 0 Å². The van der Waals surface area contributed by atoms with Crippen LogP contribution in [0.3, 0.4) is 0 Å². The van der Waals surface area contributed by atoms with Crippen LogP contribution in [0.25, 0.3) is 16.9 Å². The molecule has 7 nitrogen and oxygen atoms in total. The lowest BCUT2D eigenvalue weighted by molar-refractivity contribution is 0.0953. The Hall–Kier alpha value is -4.13. The van der Waals surface area contributed by atoms with Crippen molar-refractivity contribution in [3.05, 3.63) is 101 Å². The van der Waals surface area contributed by atoms with E-state index < -0.39 is 0 Å². The Morgan fingerprint density at radius 3 is 2.56 bits per heavy atom. The van der Waals surface area contributed by atoms with E-state index in [2.05, 4.69) is 17.0 Å². The van der Waals surface area contributed by atoms with Crippen LogP contribution in [-0.4, -0.2) is 33.9 Å². The summed E-state index contributed by atoms with van der Waals surface area (Å²) >= 11 is 0. The van der Waals surface area contributed by atoms with Gasteiger partial charge in [0.05, 0.1) is 23.9 Å². The molecule has 2 heterocycles. The molecule has 0 atom stereocenters. The second-order valence-electron chi connectivity index (χ2n) is 7.33. The van der Waals surface area contributed by atoms with Crippen molar-refractivity contribution in [2.45, 2.75) is 13.0 Å². The van der Waals surface area contributed by atoms with E-state index in [1.165, 1.54) is 4.68 Å². The topological polar surface area (TPSA) is 78.2 Å². The van der Waals surface area contributed by atoms with E-state index in [1.54, 1.807) is 42.3 Å². The summed E-state index contributed by atoms with van der Waals surface area (Å²) in [6, 6.07) is 16.9. The Morgan fingerprint density at radius 2 is 1.88 bits per heavy atom. The highest BCUT2D eigenvalue weighted by Gasteiger charge is 2.24. The maximum absolute atomic E-state index is 13.0. The molecule has 2 aliphatic rings. The highest BCUT2D eigenvalue weighted by molar-refractivity contribution is 5.99. The monoisotopic (exact) mass is 428 g/mol. The Kier molecular flexibility index (Phi) is 6.17. The van der Waals surface area contributed by atoms with Crippen molar-refractivity contribution in [3.8, 4) is 22.7 Å². The summed E-state index contributed by atoms with van der Waals surface area (Å²) in [5.41, 5.74) is 2.58. The van der Waals surface area contributed by atoms with Crippen LogP contribution < -0.4 is 15.6 Å². The van der Waals surface area contributed by atoms with Gasteiger partial charge in [0, 0.05) is 25.5 Å². The number of carbonyl (C=O) groups excluding carboxylic acids is 1. The quantitative estimate of drug-likeness (QED) is 0.437. The van der Waals surface area contributed by atoms with Crippen molar-refractivity contribution in [2.75, 3.05) is 13.7 Å². The summed E-state index contributed by atoms with van der Waals surface area (Å²) < 4.78 is 8.27. The van der Waals surface area contributed by atoms with Crippen LogP contribution >= 0.6 is 0 Å². The molecule has 32 heavy (non-hydrogen) atoms. The average Bonchev–Trinajstić information content (AvgIpc) is 3.16. The Bertz CT molecular complexity index is 1260. The predicted octanol–water partition coefficient (Wildman–Crippen LogP) is 3.31. The number of para-hydroxylation sites is 1. The molecule has 7 heteroatoms. The van der Waals surface area contributed by atoms with Crippen molar-refractivity contribution in [3.63, 3.8) is 0 Å². The van der Waals surface area contributed by atoms with Gasteiger partial charge in [0.15, 0.2) is 0 Å². The standard InChI is InChI=1S/C25H24N4O3/c1-3-15-28-16-21(24(30)26-14-13-18-9-11-20(32-2)12-10-18)23-22(17-28)25(31)29(27-23)19-7-5-4-6-8-19/h3-12,16-17H,1,13-15H2,2H3,(H,26,30). The minimum absolute atomic E-state index is 0.267. The van der Waals surface area contributed by atoms with Gasteiger partial charge >= 0.3 is 0 Å². The second kappa shape index (κ2) is 9.34. The van der Waals surface area contributed by atoms with Gasteiger partial charge < -0.3 is 14.6 Å². The SMILES string of the molecule is C=CCn1cc(C(=O)NCCc2ccc(OC)cc2)c2nn(-c3ccccc3)c(=O)c-2c1. The number of benzene rings is 2. The number of carbonyl (C=O) groups is 1. The van der Waals surface area contributed by atoms with Crippen LogP contribution in [0.5, 0.6) is 5.75 Å². The van der Waals surface area contributed by atoms with E-state index in [-0.39, 0.29) is 11.5 Å². The lowest BCUT2D eigenvalue weighted by Gasteiger charge is -2.12. The molecule has 0 spiro atoms. The van der Waals surface area contributed by atoms with Crippen molar-refractivity contribution in [2.24, 2.45) is 0 Å². The Labute approximate surface area is 185 Å². The van der Waals surface area contributed by atoms with Gasteiger partial charge in [-0.3, -0.25) is 9.59 Å². The lowest BCUT2D eigenvalue weighted by Crippen LogP contribution is -2.27. The highest BCUT2D eigenvalue weighted by atomic mass is 16.5. The molecule has 4 rings (SSSR count). The third-order valence-corrected chi connectivity index (χ3v) is 5.17. The number of allylic oxidation sites excluding steroid dienone is 1. The minimum Gasteiger partial charge on any atom is -0.497 e. The molecule has 0 fully saturated rings. The lowest BCUT2D eigenvalue weighted by atomic mass is 10.1. The summed E-state index contributed by atoms with van der Waals surface area (Å²) in [5, 5.41) is 7.43. The third kappa shape index (κ3) is 4.32.